The molecule has 1 heterocycles. The molecule has 1 aromatic heterocycles. The number of amides is 2. The number of benzene rings is 2. The molecular weight excluding hydrogens is 410 g/mol. The van der Waals surface area contributed by atoms with Gasteiger partial charge in [0.15, 0.2) is 0 Å². The Bertz CT molecular complexity index is 1020. The fourth-order valence-electron chi connectivity index (χ4n) is 2.27. The number of rotatable bonds is 7. The Kier molecular flexibility index (Phi) is 7.01. The molecule has 3 rings (SSSR count). The minimum absolute atomic E-state index is 0.0421. The maximum absolute atomic E-state index is 12.0. The van der Waals surface area contributed by atoms with Crippen molar-refractivity contribution in [2.24, 2.45) is 5.10 Å². The number of para-hydroxylation sites is 1. The summed E-state index contributed by atoms with van der Waals surface area (Å²) in [7, 11) is 2.96. The number of carbonyl (C=O) groups is 1. The molecule has 0 fully saturated rings. The second kappa shape index (κ2) is 10.1. The molecule has 0 saturated heterocycles. The summed E-state index contributed by atoms with van der Waals surface area (Å²) in [5.41, 5.74) is 3.56. The van der Waals surface area contributed by atoms with Crippen molar-refractivity contribution in [1.29, 1.82) is 0 Å². The average Bonchev–Trinajstić information content (AvgIpc) is 2.76. The molecule has 30 heavy (non-hydrogen) atoms. The van der Waals surface area contributed by atoms with E-state index in [9.17, 15) is 4.79 Å². The minimum atomic E-state index is -0.507. The van der Waals surface area contributed by atoms with Crippen LogP contribution in [0.3, 0.4) is 0 Å². The SMILES string of the molecule is COc1cc(OC)nc(Oc2ccccc2C=NNC(=O)Nc2ccc(Cl)cc2)n1. The van der Waals surface area contributed by atoms with Crippen molar-refractivity contribution in [1.82, 2.24) is 15.4 Å². The Morgan fingerprint density at radius 1 is 1.03 bits per heavy atom. The van der Waals surface area contributed by atoms with E-state index in [4.69, 9.17) is 25.8 Å². The van der Waals surface area contributed by atoms with E-state index in [1.807, 2.05) is 0 Å². The van der Waals surface area contributed by atoms with Crippen LogP contribution in [-0.2, 0) is 0 Å². The summed E-state index contributed by atoms with van der Waals surface area (Å²) < 4.78 is 16.0. The van der Waals surface area contributed by atoms with E-state index in [0.717, 1.165) is 0 Å². The second-order valence-corrected chi connectivity index (χ2v) is 6.14. The van der Waals surface area contributed by atoms with Gasteiger partial charge in [-0.15, -0.1) is 0 Å². The van der Waals surface area contributed by atoms with Crippen LogP contribution in [0.1, 0.15) is 5.56 Å². The molecule has 10 heteroatoms. The molecule has 0 aliphatic carbocycles. The number of hydrazone groups is 1. The van der Waals surface area contributed by atoms with Gasteiger partial charge in [0.25, 0.3) is 0 Å². The van der Waals surface area contributed by atoms with Gasteiger partial charge in [0.2, 0.25) is 11.8 Å². The predicted molar refractivity (Wildman–Crippen MR) is 113 cm³/mol. The Balaban J connectivity index is 1.67. The summed E-state index contributed by atoms with van der Waals surface area (Å²) in [6.45, 7) is 0. The van der Waals surface area contributed by atoms with Gasteiger partial charge in [-0.3, -0.25) is 0 Å². The number of urea groups is 1. The fraction of sp³-hybridized carbons (Fsp3) is 0.100. The van der Waals surface area contributed by atoms with Gasteiger partial charge in [0.1, 0.15) is 5.75 Å². The first-order valence-electron chi connectivity index (χ1n) is 8.67. The third-order valence-corrected chi connectivity index (χ3v) is 3.92. The lowest BCUT2D eigenvalue weighted by atomic mass is 10.2. The van der Waals surface area contributed by atoms with Crippen LogP contribution in [0.15, 0.2) is 59.7 Å². The van der Waals surface area contributed by atoms with Crippen LogP contribution in [0, 0.1) is 0 Å². The number of carbonyl (C=O) groups excluding carboxylic acids is 1. The van der Waals surface area contributed by atoms with Gasteiger partial charge in [-0.25, -0.2) is 10.2 Å². The van der Waals surface area contributed by atoms with E-state index in [1.54, 1.807) is 48.5 Å². The molecule has 3 aromatic rings. The van der Waals surface area contributed by atoms with E-state index in [2.05, 4.69) is 25.8 Å². The zero-order chi connectivity index (χ0) is 21.3. The Labute approximate surface area is 177 Å². The monoisotopic (exact) mass is 427 g/mol. The summed E-state index contributed by atoms with van der Waals surface area (Å²) in [6, 6.07) is 14.8. The summed E-state index contributed by atoms with van der Waals surface area (Å²) in [6.07, 6.45) is 1.44. The number of hydrogen-bond acceptors (Lipinski definition) is 7. The van der Waals surface area contributed by atoms with Crippen molar-refractivity contribution < 1.29 is 19.0 Å². The number of aromatic nitrogens is 2. The van der Waals surface area contributed by atoms with Crippen molar-refractivity contribution in [3.63, 3.8) is 0 Å². The molecule has 2 N–H and O–H groups in total. The predicted octanol–water partition coefficient (Wildman–Crippen LogP) is 4.10. The zero-order valence-corrected chi connectivity index (χ0v) is 16.9. The number of hydrogen-bond donors (Lipinski definition) is 2. The zero-order valence-electron chi connectivity index (χ0n) is 16.1. The van der Waals surface area contributed by atoms with Crippen molar-refractivity contribution in [2.75, 3.05) is 19.5 Å². The van der Waals surface area contributed by atoms with E-state index in [0.29, 0.717) is 33.8 Å². The molecule has 154 valence electrons. The summed E-state index contributed by atoms with van der Waals surface area (Å²) in [5, 5.41) is 7.15. The quantitative estimate of drug-likeness (QED) is 0.434. The number of anilines is 1. The van der Waals surface area contributed by atoms with Crippen LogP contribution < -0.4 is 25.0 Å². The maximum Gasteiger partial charge on any atom is 0.339 e. The second-order valence-electron chi connectivity index (χ2n) is 5.71. The molecule has 0 atom stereocenters. The number of ether oxygens (including phenoxy) is 3. The lowest BCUT2D eigenvalue weighted by Gasteiger charge is -2.09. The molecule has 9 nitrogen and oxygen atoms in total. The standard InChI is InChI=1S/C20H18ClN5O4/c1-28-17-11-18(29-2)25-20(24-17)30-16-6-4-3-5-13(16)12-22-26-19(27)23-15-9-7-14(21)8-10-15/h3-12H,1-2H3,(H2,23,26,27). The van der Waals surface area contributed by atoms with Crippen molar-refractivity contribution >= 4 is 29.5 Å². The largest absolute Gasteiger partial charge is 0.481 e. The first-order valence-corrected chi connectivity index (χ1v) is 9.05. The highest BCUT2D eigenvalue weighted by molar-refractivity contribution is 6.30. The third kappa shape index (κ3) is 5.82. The van der Waals surface area contributed by atoms with Gasteiger partial charge in [-0.2, -0.15) is 15.1 Å². The molecule has 0 bridgehead atoms. The first kappa shape index (κ1) is 20.9. The van der Waals surface area contributed by atoms with E-state index >= 15 is 0 Å². The van der Waals surface area contributed by atoms with E-state index < -0.39 is 6.03 Å². The molecule has 0 saturated carbocycles. The minimum Gasteiger partial charge on any atom is -0.481 e. The first-order chi connectivity index (χ1) is 14.6. The third-order valence-electron chi connectivity index (χ3n) is 3.67. The van der Waals surface area contributed by atoms with Crippen LogP contribution in [-0.4, -0.2) is 36.4 Å². The van der Waals surface area contributed by atoms with Gasteiger partial charge in [0.05, 0.1) is 26.5 Å². The Morgan fingerprint density at radius 3 is 2.37 bits per heavy atom. The van der Waals surface area contributed by atoms with Crippen LogP contribution >= 0.6 is 11.6 Å². The fourth-order valence-corrected chi connectivity index (χ4v) is 2.40. The van der Waals surface area contributed by atoms with Crippen LogP contribution in [0.4, 0.5) is 10.5 Å². The molecule has 0 spiro atoms. The number of halogens is 1. The van der Waals surface area contributed by atoms with Crippen LogP contribution in [0.5, 0.6) is 23.5 Å². The van der Waals surface area contributed by atoms with Crippen LogP contribution in [0.2, 0.25) is 5.02 Å². The lowest BCUT2D eigenvalue weighted by Crippen LogP contribution is -2.24. The van der Waals surface area contributed by atoms with E-state index in [-0.39, 0.29) is 6.01 Å². The maximum atomic E-state index is 12.0. The summed E-state index contributed by atoms with van der Waals surface area (Å²) in [5.74, 6) is 1.02. The highest BCUT2D eigenvalue weighted by atomic mass is 35.5. The van der Waals surface area contributed by atoms with Gasteiger partial charge >= 0.3 is 12.0 Å². The number of methoxy groups -OCH3 is 2. The van der Waals surface area contributed by atoms with Gasteiger partial charge < -0.3 is 19.5 Å². The number of nitrogens with zero attached hydrogens (tertiary/aromatic N) is 3. The van der Waals surface area contributed by atoms with E-state index in [1.165, 1.54) is 26.5 Å². The van der Waals surface area contributed by atoms with Crippen molar-refractivity contribution in [3.05, 3.63) is 65.2 Å². The summed E-state index contributed by atoms with van der Waals surface area (Å²) >= 11 is 5.82. The molecule has 2 amide bonds. The molecule has 0 aliphatic heterocycles. The average molecular weight is 428 g/mol. The summed E-state index contributed by atoms with van der Waals surface area (Å²) in [4.78, 5) is 20.2. The smallest absolute Gasteiger partial charge is 0.339 e. The topological polar surface area (TPSA) is 107 Å². The van der Waals surface area contributed by atoms with Crippen LogP contribution in [0.25, 0.3) is 0 Å². The van der Waals surface area contributed by atoms with Gasteiger partial charge in [0, 0.05) is 16.3 Å². The normalized spacial score (nSPS) is 10.5. The molecule has 2 aromatic carbocycles. The highest BCUT2D eigenvalue weighted by Gasteiger charge is 2.10. The molecular formula is C20H18ClN5O4. The molecule has 0 radical (unpaired) electrons. The molecule has 0 aliphatic rings. The number of nitrogens with one attached hydrogen (secondary N) is 2. The Morgan fingerprint density at radius 2 is 1.70 bits per heavy atom. The highest BCUT2D eigenvalue weighted by Crippen LogP contribution is 2.25. The van der Waals surface area contributed by atoms with Crippen molar-refractivity contribution in [2.45, 2.75) is 0 Å². The van der Waals surface area contributed by atoms with Gasteiger partial charge in [-0.05, 0) is 36.4 Å². The lowest BCUT2D eigenvalue weighted by molar-refractivity contribution is 0.252. The molecule has 0 unspecified atom stereocenters. The van der Waals surface area contributed by atoms with Gasteiger partial charge in [-0.1, -0.05) is 23.7 Å². The Hall–Kier alpha value is -3.85. The van der Waals surface area contributed by atoms with Crippen molar-refractivity contribution in [3.8, 4) is 23.5 Å².